The molecule has 0 N–H and O–H groups in total. The summed E-state index contributed by atoms with van der Waals surface area (Å²) in [4.78, 5) is 38.3. The fourth-order valence-corrected chi connectivity index (χ4v) is 5.41. The first-order chi connectivity index (χ1) is 14.4. The molecule has 0 bridgehead atoms. The zero-order valence-electron chi connectivity index (χ0n) is 15.4. The Morgan fingerprint density at radius 3 is 1.80 bits per heavy atom. The molecule has 0 unspecified atom stereocenters. The standard InChI is InChI=1S/C23H14O5S2/c24-19-11-12-20(25)18-14-22(30(27,28)16-9-5-2-6-10-16)23(26)21(13-17(18)19)29-15-7-3-1-4-8-15/h1-14H. The van der Waals surface area contributed by atoms with E-state index in [1.54, 1.807) is 42.5 Å². The van der Waals surface area contributed by atoms with Crippen LogP contribution in [0.3, 0.4) is 0 Å². The van der Waals surface area contributed by atoms with Gasteiger partial charge in [0.1, 0.15) is 4.90 Å². The highest BCUT2D eigenvalue weighted by Gasteiger charge is 2.27. The minimum Gasteiger partial charge on any atom is -0.289 e. The maximum absolute atomic E-state index is 13.3. The average molecular weight is 434 g/mol. The molecule has 0 amide bonds. The second kappa shape index (κ2) is 7.85. The van der Waals surface area contributed by atoms with Crippen LogP contribution in [0.2, 0.25) is 0 Å². The van der Waals surface area contributed by atoms with Gasteiger partial charge >= 0.3 is 0 Å². The van der Waals surface area contributed by atoms with E-state index in [0.29, 0.717) is 4.90 Å². The van der Waals surface area contributed by atoms with E-state index >= 15 is 0 Å². The largest absolute Gasteiger partial charge is 0.289 e. The van der Waals surface area contributed by atoms with Crippen molar-refractivity contribution in [1.82, 2.24) is 0 Å². The zero-order chi connectivity index (χ0) is 21.3. The molecule has 3 aromatic carbocycles. The van der Waals surface area contributed by atoms with Crippen molar-refractivity contribution in [2.24, 2.45) is 0 Å². The molecule has 0 spiro atoms. The van der Waals surface area contributed by atoms with Gasteiger partial charge in [-0.1, -0.05) is 48.2 Å². The lowest BCUT2D eigenvalue weighted by atomic mass is 9.97. The molecule has 5 nitrogen and oxygen atoms in total. The van der Waals surface area contributed by atoms with Gasteiger partial charge in [-0.15, -0.1) is 0 Å². The van der Waals surface area contributed by atoms with Crippen LogP contribution < -0.4 is 5.43 Å². The van der Waals surface area contributed by atoms with Crippen molar-refractivity contribution in [2.45, 2.75) is 19.6 Å². The first-order valence-corrected chi connectivity index (χ1v) is 11.2. The van der Waals surface area contributed by atoms with Crippen molar-refractivity contribution in [3.05, 3.63) is 106 Å². The summed E-state index contributed by atoms with van der Waals surface area (Å²) >= 11 is 1.04. The molecule has 1 aliphatic rings. The monoisotopic (exact) mass is 434 g/mol. The fourth-order valence-electron chi connectivity index (χ4n) is 3.03. The van der Waals surface area contributed by atoms with Crippen molar-refractivity contribution in [2.75, 3.05) is 0 Å². The van der Waals surface area contributed by atoms with Gasteiger partial charge in [0.05, 0.1) is 9.79 Å². The molecule has 148 valence electrons. The van der Waals surface area contributed by atoms with Gasteiger partial charge in [0.25, 0.3) is 0 Å². The van der Waals surface area contributed by atoms with Crippen LogP contribution in [0.25, 0.3) is 0 Å². The maximum atomic E-state index is 13.3. The lowest BCUT2D eigenvalue weighted by Crippen LogP contribution is -2.15. The quantitative estimate of drug-likeness (QED) is 0.618. The first-order valence-electron chi connectivity index (χ1n) is 8.90. The summed E-state index contributed by atoms with van der Waals surface area (Å²) in [6.07, 6.45) is 2.20. The van der Waals surface area contributed by atoms with Crippen molar-refractivity contribution >= 4 is 33.2 Å². The van der Waals surface area contributed by atoms with Crippen LogP contribution in [-0.2, 0) is 9.84 Å². The molecule has 0 fully saturated rings. The SMILES string of the molecule is O=C1C=CC(=O)c2cc(S(=O)(=O)c3ccccc3)c(=O)c(Sc3ccccc3)cc21. The van der Waals surface area contributed by atoms with E-state index in [1.807, 2.05) is 6.07 Å². The third kappa shape index (κ3) is 3.65. The molecule has 0 radical (unpaired) electrons. The van der Waals surface area contributed by atoms with Crippen molar-refractivity contribution in [1.29, 1.82) is 0 Å². The van der Waals surface area contributed by atoms with Crippen LogP contribution in [0.4, 0.5) is 0 Å². The molecule has 4 rings (SSSR count). The number of benzene rings is 2. The van der Waals surface area contributed by atoms with Crippen LogP contribution in [0.1, 0.15) is 20.7 Å². The van der Waals surface area contributed by atoms with E-state index < -0.39 is 31.7 Å². The van der Waals surface area contributed by atoms with E-state index in [0.717, 1.165) is 30.0 Å². The molecule has 7 heteroatoms. The Labute approximate surface area is 177 Å². The summed E-state index contributed by atoms with van der Waals surface area (Å²) in [5.41, 5.74) is -0.857. The van der Waals surface area contributed by atoms with Crippen LogP contribution >= 0.6 is 11.8 Å². The maximum Gasteiger partial charge on any atom is 0.211 e. The number of carbonyl (C=O) groups is 2. The number of carbonyl (C=O) groups excluding carboxylic acids is 2. The molecule has 0 aromatic heterocycles. The summed E-state index contributed by atoms with van der Waals surface area (Å²) < 4.78 is 26.5. The smallest absolute Gasteiger partial charge is 0.211 e. The zero-order valence-corrected chi connectivity index (χ0v) is 17.1. The van der Waals surface area contributed by atoms with Gasteiger partial charge in [-0.2, -0.15) is 0 Å². The second-order valence-electron chi connectivity index (χ2n) is 6.47. The molecule has 0 atom stereocenters. The highest BCUT2D eigenvalue weighted by atomic mass is 32.2. The summed E-state index contributed by atoms with van der Waals surface area (Å²) in [7, 11) is -4.22. The first kappa shape index (κ1) is 20.0. The Hall–Kier alpha value is -3.29. The van der Waals surface area contributed by atoms with Gasteiger partial charge in [-0.05, 0) is 48.6 Å². The van der Waals surface area contributed by atoms with Gasteiger partial charge in [-0.25, -0.2) is 8.42 Å². The van der Waals surface area contributed by atoms with Gasteiger partial charge in [0.2, 0.25) is 15.3 Å². The van der Waals surface area contributed by atoms with Gasteiger partial charge in [0, 0.05) is 16.0 Å². The molecule has 1 aliphatic carbocycles. The van der Waals surface area contributed by atoms with E-state index in [-0.39, 0.29) is 20.9 Å². The van der Waals surface area contributed by atoms with Crippen LogP contribution in [-0.4, -0.2) is 20.0 Å². The molecule has 3 aromatic rings. The number of allylic oxidation sites excluding steroid dienone is 2. The Bertz CT molecular complexity index is 1360. The minimum absolute atomic E-state index is 0.00698. The van der Waals surface area contributed by atoms with Crippen LogP contribution in [0, 0.1) is 0 Å². The fraction of sp³-hybridized carbons (Fsp3) is 0. The summed E-state index contributed by atoms with van der Waals surface area (Å²) in [5, 5.41) is 0. The summed E-state index contributed by atoms with van der Waals surface area (Å²) in [6.45, 7) is 0. The normalized spacial score (nSPS) is 13.2. The minimum atomic E-state index is -4.22. The highest BCUT2D eigenvalue weighted by molar-refractivity contribution is 7.99. The predicted octanol–water partition coefficient (Wildman–Crippen LogP) is 3.97. The van der Waals surface area contributed by atoms with E-state index in [4.69, 9.17) is 0 Å². The highest BCUT2D eigenvalue weighted by Crippen LogP contribution is 2.30. The van der Waals surface area contributed by atoms with Gasteiger partial charge in [-0.3, -0.25) is 14.4 Å². The topological polar surface area (TPSA) is 85.3 Å². The van der Waals surface area contributed by atoms with Crippen LogP contribution in [0.15, 0.2) is 109 Å². The average Bonchev–Trinajstić information content (AvgIpc) is 2.90. The molecule has 30 heavy (non-hydrogen) atoms. The number of hydrogen-bond acceptors (Lipinski definition) is 6. The molecular weight excluding hydrogens is 420 g/mol. The Morgan fingerprint density at radius 2 is 1.20 bits per heavy atom. The lowest BCUT2D eigenvalue weighted by molar-refractivity contribution is 0.0994. The number of ketones is 2. The number of hydrogen-bond donors (Lipinski definition) is 0. The summed E-state index contributed by atoms with van der Waals surface area (Å²) in [6, 6.07) is 18.8. The lowest BCUT2D eigenvalue weighted by Gasteiger charge is -2.06. The van der Waals surface area contributed by atoms with E-state index in [1.165, 1.54) is 18.2 Å². The van der Waals surface area contributed by atoms with Crippen molar-refractivity contribution < 1.29 is 18.0 Å². The van der Waals surface area contributed by atoms with Gasteiger partial charge in [0.15, 0.2) is 11.6 Å². The summed E-state index contributed by atoms with van der Waals surface area (Å²) in [5.74, 6) is -0.987. The predicted molar refractivity (Wildman–Crippen MR) is 113 cm³/mol. The van der Waals surface area contributed by atoms with Gasteiger partial charge < -0.3 is 0 Å². The molecular formula is C23H14O5S2. The molecule has 0 saturated heterocycles. The molecule has 0 heterocycles. The van der Waals surface area contributed by atoms with Crippen molar-refractivity contribution in [3.8, 4) is 0 Å². The van der Waals surface area contributed by atoms with Crippen LogP contribution in [0.5, 0.6) is 0 Å². The Morgan fingerprint density at radius 1 is 0.667 bits per heavy atom. The Kier molecular flexibility index (Phi) is 5.24. The van der Waals surface area contributed by atoms with E-state index in [9.17, 15) is 22.8 Å². The van der Waals surface area contributed by atoms with Crippen molar-refractivity contribution in [3.63, 3.8) is 0 Å². The second-order valence-corrected chi connectivity index (χ2v) is 9.50. The third-order valence-corrected chi connectivity index (χ3v) is 7.33. The Balaban J connectivity index is 2.04. The number of fused-ring (bicyclic) bond motifs is 1. The molecule has 0 aliphatic heterocycles. The molecule has 0 saturated carbocycles. The van der Waals surface area contributed by atoms with E-state index in [2.05, 4.69) is 0 Å². The number of sulfone groups is 1. The number of rotatable bonds is 4. The third-order valence-electron chi connectivity index (χ3n) is 4.52.